The minimum absolute atomic E-state index is 0.0934. The predicted molar refractivity (Wildman–Crippen MR) is 81.4 cm³/mol. The van der Waals surface area contributed by atoms with Crippen LogP contribution >= 0.6 is 0 Å². The minimum Gasteiger partial charge on any atom is -0.349 e. The summed E-state index contributed by atoms with van der Waals surface area (Å²) in [5, 5.41) is 6.81. The van der Waals surface area contributed by atoms with Gasteiger partial charge in [-0.25, -0.2) is 0 Å². The lowest BCUT2D eigenvalue weighted by Gasteiger charge is -2.44. The van der Waals surface area contributed by atoms with E-state index in [9.17, 15) is 9.59 Å². The number of amides is 1. The molecule has 2 aliphatic rings. The summed E-state index contributed by atoms with van der Waals surface area (Å²) in [6, 6.07) is 3.19. The van der Waals surface area contributed by atoms with Crippen molar-refractivity contribution < 1.29 is 4.79 Å². The van der Waals surface area contributed by atoms with Crippen LogP contribution in [0.3, 0.4) is 0 Å². The van der Waals surface area contributed by atoms with Crippen LogP contribution in [0.1, 0.15) is 55.3 Å². The highest BCUT2D eigenvalue weighted by atomic mass is 16.2. The average Bonchev–Trinajstić information content (AvgIpc) is 2.49. The van der Waals surface area contributed by atoms with Crippen LogP contribution in [0.25, 0.3) is 0 Å². The molecule has 0 bridgehead atoms. The Balaban J connectivity index is 1.63. The molecular weight excluding hydrogens is 266 g/mol. The van der Waals surface area contributed by atoms with Crippen LogP contribution in [0.4, 0.5) is 0 Å². The fourth-order valence-corrected chi connectivity index (χ4v) is 3.71. The lowest BCUT2D eigenvalue weighted by atomic mass is 9.75. The number of hydrogen-bond acceptors (Lipinski definition) is 3. The van der Waals surface area contributed by atoms with Crippen LogP contribution in [0.2, 0.25) is 0 Å². The van der Waals surface area contributed by atoms with Crippen molar-refractivity contribution in [1.82, 2.24) is 15.6 Å². The summed E-state index contributed by atoms with van der Waals surface area (Å²) >= 11 is 0. The number of pyridine rings is 1. The number of aromatic nitrogens is 1. The van der Waals surface area contributed by atoms with E-state index < -0.39 is 0 Å². The fourth-order valence-electron chi connectivity index (χ4n) is 3.71. The second-order valence-corrected chi connectivity index (χ2v) is 6.37. The van der Waals surface area contributed by atoms with Gasteiger partial charge in [0.1, 0.15) is 0 Å². The first-order chi connectivity index (χ1) is 10.2. The van der Waals surface area contributed by atoms with Crippen LogP contribution in [0, 0.1) is 0 Å². The van der Waals surface area contributed by atoms with E-state index in [4.69, 9.17) is 0 Å². The van der Waals surface area contributed by atoms with Gasteiger partial charge in [-0.15, -0.1) is 0 Å². The first-order valence-corrected chi connectivity index (χ1v) is 7.92. The molecule has 0 aromatic carbocycles. The largest absolute Gasteiger partial charge is 0.349 e. The third kappa shape index (κ3) is 3.35. The fraction of sp³-hybridized carbons (Fsp3) is 0.625. The van der Waals surface area contributed by atoms with E-state index in [1.54, 1.807) is 6.07 Å². The van der Waals surface area contributed by atoms with E-state index in [0.29, 0.717) is 5.56 Å². The molecule has 114 valence electrons. The van der Waals surface area contributed by atoms with Crippen molar-refractivity contribution in [3.05, 3.63) is 34.2 Å². The molecule has 1 aliphatic heterocycles. The maximum absolute atomic E-state index is 12.2. The van der Waals surface area contributed by atoms with Crippen molar-refractivity contribution in [1.29, 1.82) is 0 Å². The number of hydrogen-bond donors (Lipinski definition) is 3. The monoisotopic (exact) mass is 289 g/mol. The zero-order valence-corrected chi connectivity index (χ0v) is 12.3. The summed E-state index contributed by atoms with van der Waals surface area (Å²) in [5.41, 5.74) is 0.569. The molecule has 0 radical (unpaired) electrons. The lowest BCUT2D eigenvalue weighted by Crippen LogP contribution is -2.57. The Morgan fingerprint density at radius 1 is 1.24 bits per heavy atom. The number of carbonyl (C=O) groups is 1. The topological polar surface area (TPSA) is 74.0 Å². The maximum Gasteiger partial charge on any atom is 0.252 e. The Morgan fingerprint density at radius 2 is 2.05 bits per heavy atom. The highest BCUT2D eigenvalue weighted by molar-refractivity contribution is 5.94. The molecule has 2 fully saturated rings. The summed E-state index contributed by atoms with van der Waals surface area (Å²) in [5.74, 6) is -0.0934. The normalized spacial score (nSPS) is 24.7. The van der Waals surface area contributed by atoms with E-state index in [2.05, 4.69) is 15.6 Å². The molecule has 1 atom stereocenters. The SMILES string of the molecule is O=C(NC1CCNC2(CCCCC2)C1)c1ccc(=O)[nH]c1. The molecule has 3 rings (SSSR count). The molecule has 1 aromatic rings. The highest BCUT2D eigenvalue weighted by Gasteiger charge is 2.37. The number of nitrogens with one attached hydrogen (secondary N) is 3. The van der Waals surface area contributed by atoms with Crippen molar-refractivity contribution in [2.24, 2.45) is 0 Å². The lowest BCUT2D eigenvalue weighted by molar-refractivity contribution is 0.0892. The van der Waals surface area contributed by atoms with Gasteiger partial charge in [-0.2, -0.15) is 0 Å². The van der Waals surface area contributed by atoms with Crippen molar-refractivity contribution in [2.75, 3.05) is 6.54 Å². The van der Waals surface area contributed by atoms with E-state index >= 15 is 0 Å². The van der Waals surface area contributed by atoms with Crippen molar-refractivity contribution in [3.8, 4) is 0 Å². The van der Waals surface area contributed by atoms with E-state index in [0.717, 1.165) is 19.4 Å². The molecule has 1 aromatic heterocycles. The second kappa shape index (κ2) is 6.02. The second-order valence-electron chi connectivity index (χ2n) is 6.37. The summed E-state index contributed by atoms with van der Waals surface area (Å²) in [6.45, 7) is 0.969. The standard InChI is InChI=1S/C16H23N3O2/c20-14-5-4-12(11-17-14)15(21)19-13-6-9-18-16(10-13)7-2-1-3-8-16/h4-5,11,13,18H,1-3,6-10H2,(H,17,20)(H,19,21). The first kappa shape index (κ1) is 14.3. The Kier molecular flexibility index (Phi) is 4.10. The van der Waals surface area contributed by atoms with Crippen LogP contribution in [0.5, 0.6) is 0 Å². The van der Waals surface area contributed by atoms with Gasteiger partial charge in [0.05, 0.1) is 5.56 Å². The molecule has 1 amide bonds. The molecule has 1 aliphatic carbocycles. The molecule has 3 N–H and O–H groups in total. The predicted octanol–water partition coefficient (Wildman–Crippen LogP) is 1.56. The molecule has 5 nitrogen and oxygen atoms in total. The molecule has 21 heavy (non-hydrogen) atoms. The average molecular weight is 289 g/mol. The van der Waals surface area contributed by atoms with Gasteiger partial charge in [0.25, 0.3) is 5.91 Å². The van der Waals surface area contributed by atoms with Gasteiger partial charge in [-0.1, -0.05) is 19.3 Å². The molecular formula is C16H23N3O2. The molecule has 1 unspecified atom stereocenters. The quantitative estimate of drug-likeness (QED) is 0.773. The van der Waals surface area contributed by atoms with Gasteiger partial charge in [-0.3, -0.25) is 9.59 Å². The zero-order valence-electron chi connectivity index (χ0n) is 12.3. The van der Waals surface area contributed by atoms with Crippen LogP contribution in [-0.4, -0.2) is 29.0 Å². The summed E-state index contributed by atoms with van der Waals surface area (Å²) in [4.78, 5) is 25.8. The smallest absolute Gasteiger partial charge is 0.252 e. The summed E-state index contributed by atoms with van der Waals surface area (Å²) < 4.78 is 0. The Hall–Kier alpha value is -1.62. The molecule has 5 heteroatoms. The molecule has 1 spiro atoms. The summed E-state index contributed by atoms with van der Waals surface area (Å²) in [6.07, 6.45) is 9.81. The maximum atomic E-state index is 12.2. The van der Waals surface area contributed by atoms with Gasteiger partial charge >= 0.3 is 0 Å². The van der Waals surface area contributed by atoms with Crippen LogP contribution in [-0.2, 0) is 0 Å². The van der Waals surface area contributed by atoms with Gasteiger partial charge < -0.3 is 15.6 Å². The van der Waals surface area contributed by atoms with Gasteiger partial charge in [0.2, 0.25) is 5.56 Å². The third-order valence-electron chi connectivity index (χ3n) is 4.82. The zero-order chi connectivity index (χ0) is 14.7. The Morgan fingerprint density at radius 3 is 2.76 bits per heavy atom. The molecule has 2 heterocycles. The number of piperidine rings is 1. The van der Waals surface area contributed by atoms with E-state index in [1.165, 1.54) is 44.4 Å². The third-order valence-corrected chi connectivity index (χ3v) is 4.82. The van der Waals surface area contributed by atoms with Crippen molar-refractivity contribution >= 4 is 5.91 Å². The Labute approximate surface area is 124 Å². The van der Waals surface area contributed by atoms with Crippen molar-refractivity contribution in [2.45, 2.75) is 56.5 Å². The first-order valence-electron chi connectivity index (χ1n) is 7.92. The molecule has 1 saturated heterocycles. The van der Waals surface area contributed by atoms with Gasteiger partial charge in [0.15, 0.2) is 0 Å². The van der Waals surface area contributed by atoms with Gasteiger partial charge in [-0.05, 0) is 38.3 Å². The van der Waals surface area contributed by atoms with Gasteiger partial charge in [0, 0.05) is 23.8 Å². The molecule has 1 saturated carbocycles. The highest BCUT2D eigenvalue weighted by Crippen LogP contribution is 2.34. The number of aromatic amines is 1. The number of rotatable bonds is 2. The number of carbonyl (C=O) groups excluding carboxylic acids is 1. The summed E-state index contributed by atoms with van der Waals surface area (Å²) in [7, 11) is 0. The van der Waals surface area contributed by atoms with E-state index in [1.807, 2.05) is 0 Å². The number of H-pyrrole nitrogens is 1. The van der Waals surface area contributed by atoms with Crippen LogP contribution < -0.4 is 16.2 Å². The van der Waals surface area contributed by atoms with Crippen molar-refractivity contribution in [3.63, 3.8) is 0 Å². The van der Waals surface area contributed by atoms with Crippen LogP contribution in [0.15, 0.2) is 23.1 Å². The Bertz CT molecular complexity index is 535. The minimum atomic E-state index is -0.186. The van der Waals surface area contributed by atoms with E-state index in [-0.39, 0.29) is 23.0 Å².